The second-order valence-electron chi connectivity index (χ2n) is 6.93. The lowest BCUT2D eigenvalue weighted by Crippen LogP contribution is -2.31. The zero-order valence-electron chi connectivity index (χ0n) is 14.9. The molecular weight excluding hydrogens is 352 g/mol. The van der Waals surface area contributed by atoms with E-state index in [9.17, 15) is 13.2 Å². The molecule has 4 rings (SSSR count). The Balaban J connectivity index is 1.71. The Labute approximate surface area is 153 Å². The van der Waals surface area contributed by atoms with E-state index < -0.39 is 10.0 Å². The lowest BCUT2D eigenvalue weighted by atomic mass is 10.2. The van der Waals surface area contributed by atoms with Crippen molar-refractivity contribution < 1.29 is 17.6 Å². The maximum Gasteiger partial charge on any atom is 0.243 e. The van der Waals surface area contributed by atoms with Gasteiger partial charge in [0.2, 0.25) is 15.9 Å². The van der Waals surface area contributed by atoms with Crippen LogP contribution in [0.25, 0.3) is 0 Å². The summed E-state index contributed by atoms with van der Waals surface area (Å²) < 4.78 is 33.8. The quantitative estimate of drug-likeness (QED) is 0.828. The number of furan rings is 1. The van der Waals surface area contributed by atoms with E-state index in [1.807, 2.05) is 25.1 Å². The van der Waals surface area contributed by atoms with Crippen molar-refractivity contribution in [2.75, 3.05) is 18.0 Å². The third kappa shape index (κ3) is 2.75. The van der Waals surface area contributed by atoms with Crippen molar-refractivity contribution in [2.45, 2.75) is 44.0 Å². The number of sulfonamides is 1. The Morgan fingerprint density at radius 3 is 2.69 bits per heavy atom. The summed E-state index contributed by atoms with van der Waals surface area (Å²) in [7, 11) is -3.66. The van der Waals surface area contributed by atoms with Gasteiger partial charge in [0, 0.05) is 25.7 Å². The van der Waals surface area contributed by atoms with Gasteiger partial charge in [0.05, 0.1) is 10.9 Å². The topological polar surface area (TPSA) is 70.8 Å². The normalized spacial score (nSPS) is 20.5. The minimum absolute atomic E-state index is 0.0663. The first-order valence-corrected chi connectivity index (χ1v) is 10.3. The van der Waals surface area contributed by atoms with Gasteiger partial charge in [0.15, 0.2) is 0 Å². The summed E-state index contributed by atoms with van der Waals surface area (Å²) in [6.45, 7) is 4.44. The number of carbonyl (C=O) groups excluding carboxylic acids is 1. The van der Waals surface area contributed by atoms with Crippen LogP contribution in [0.3, 0.4) is 0 Å². The number of amides is 1. The van der Waals surface area contributed by atoms with Crippen molar-refractivity contribution in [1.29, 1.82) is 0 Å². The zero-order chi connectivity index (χ0) is 18.5. The fourth-order valence-electron chi connectivity index (χ4n) is 3.93. The second kappa shape index (κ2) is 6.25. The first-order valence-electron chi connectivity index (χ1n) is 8.87. The minimum atomic E-state index is -3.66. The fraction of sp³-hybridized carbons (Fsp3) is 0.421. The Morgan fingerprint density at radius 2 is 2.00 bits per heavy atom. The van der Waals surface area contributed by atoms with Crippen molar-refractivity contribution in [3.8, 4) is 0 Å². The molecule has 0 N–H and O–H groups in total. The van der Waals surface area contributed by atoms with E-state index in [2.05, 4.69) is 0 Å². The van der Waals surface area contributed by atoms with Crippen LogP contribution < -0.4 is 4.90 Å². The summed E-state index contributed by atoms with van der Waals surface area (Å²) in [6, 6.07) is 8.56. The highest BCUT2D eigenvalue weighted by Gasteiger charge is 2.38. The monoisotopic (exact) mass is 374 g/mol. The SMILES string of the molecule is CC(=O)N1CCc2ccc(S(=O)(=O)N3CCCC3c3ccc(C)o3)cc21. The highest BCUT2D eigenvalue weighted by Crippen LogP contribution is 2.39. The van der Waals surface area contributed by atoms with Gasteiger partial charge in [-0.05, 0) is 56.0 Å². The van der Waals surface area contributed by atoms with Crippen LogP contribution in [0, 0.1) is 6.92 Å². The molecule has 1 unspecified atom stereocenters. The lowest BCUT2D eigenvalue weighted by Gasteiger charge is -2.23. The molecule has 2 aromatic rings. The maximum atomic E-state index is 13.3. The molecule has 0 bridgehead atoms. The number of carbonyl (C=O) groups is 1. The Bertz CT molecular complexity index is 964. The van der Waals surface area contributed by atoms with E-state index in [1.165, 1.54) is 11.2 Å². The molecule has 0 aliphatic carbocycles. The van der Waals surface area contributed by atoms with Gasteiger partial charge < -0.3 is 9.32 Å². The standard InChI is InChI=1S/C19H22N2O4S/c1-13-5-8-19(25-13)17-4-3-10-21(17)26(23,24)16-7-6-15-9-11-20(14(2)22)18(15)12-16/h5-8,12,17H,3-4,9-11H2,1-2H3. The number of nitrogens with zero attached hydrogens (tertiary/aromatic N) is 2. The zero-order valence-corrected chi connectivity index (χ0v) is 15.8. The summed E-state index contributed by atoms with van der Waals surface area (Å²) in [5.41, 5.74) is 1.72. The number of hydrogen-bond donors (Lipinski definition) is 0. The molecule has 1 saturated heterocycles. The van der Waals surface area contributed by atoms with Crippen LogP contribution in [0.4, 0.5) is 5.69 Å². The summed E-state index contributed by atoms with van der Waals surface area (Å²) in [5.74, 6) is 1.40. The lowest BCUT2D eigenvalue weighted by molar-refractivity contribution is -0.116. The van der Waals surface area contributed by atoms with Crippen LogP contribution in [0.1, 0.15) is 42.9 Å². The van der Waals surface area contributed by atoms with Gasteiger partial charge in [-0.15, -0.1) is 0 Å². The number of anilines is 1. The van der Waals surface area contributed by atoms with Gasteiger partial charge in [-0.2, -0.15) is 4.31 Å². The van der Waals surface area contributed by atoms with Crippen LogP contribution in [0.5, 0.6) is 0 Å². The van der Waals surface area contributed by atoms with E-state index in [0.29, 0.717) is 24.5 Å². The second-order valence-corrected chi connectivity index (χ2v) is 8.82. The highest BCUT2D eigenvalue weighted by molar-refractivity contribution is 7.89. The molecule has 2 aliphatic heterocycles. The van der Waals surface area contributed by atoms with Gasteiger partial charge in [-0.1, -0.05) is 6.07 Å². The van der Waals surface area contributed by atoms with Crippen LogP contribution in [-0.4, -0.2) is 31.7 Å². The van der Waals surface area contributed by atoms with Crippen LogP contribution in [0.2, 0.25) is 0 Å². The molecule has 6 nitrogen and oxygen atoms in total. The summed E-state index contributed by atoms with van der Waals surface area (Å²) in [5, 5.41) is 0. The average molecular weight is 374 g/mol. The van der Waals surface area contributed by atoms with E-state index in [-0.39, 0.29) is 16.8 Å². The molecule has 138 valence electrons. The van der Waals surface area contributed by atoms with E-state index in [4.69, 9.17) is 4.42 Å². The van der Waals surface area contributed by atoms with Gasteiger partial charge in [-0.25, -0.2) is 8.42 Å². The molecule has 1 fully saturated rings. The Morgan fingerprint density at radius 1 is 1.19 bits per heavy atom. The average Bonchev–Trinajstić information content (AvgIpc) is 3.32. The third-order valence-electron chi connectivity index (χ3n) is 5.23. The molecule has 3 heterocycles. The molecule has 0 saturated carbocycles. The van der Waals surface area contributed by atoms with E-state index >= 15 is 0 Å². The van der Waals surface area contributed by atoms with E-state index in [1.54, 1.807) is 17.0 Å². The number of benzene rings is 1. The molecule has 0 spiro atoms. The molecule has 7 heteroatoms. The van der Waals surface area contributed by atoms with Crippen molar-refractivity contribution in [2.24, 2.45) is 0 Å². The molecular formula is C19H22N2O4S. The van der Waals surface area contributed by atoms with Gasteiger partial charge >= 0.3 is 0 Å². The van der Waals surface area contributed by atoms with E-state index in [0.717, 1.165) is 30.6 Å². The number of fused-ring (bicyclic) bond motifs is 1. The molecule has 0 radical (unpaired) electrons. The first-order chi connectivity index (χ1) is 12.4. The number of rotatable bonds is 3. The largest absolute Gasteiger partial charge is 0.465 e. The molecule has 26 heavy (non-hydrogen) atoms. The highest BCUT2D eigenvalue weighted by atomic mass is 32.2. The predicted molar refractivity (Wildman–Crippen MR) is 97.5 cm³/mol. The van der Waals surface area contributed by atoms with Crippen LogP contribution in [0.15, 0.2) is 39.6 Å². The van der Waals surface area contributed by atoms with Crippen molar-refractivity contribution in [3.63, 3.8) is 0 Å². The first kappa shape index (κ1) is 17.3. The maximum absolute atomic E-state index is 13.3. The fourth-order valence-corrected chi connectivity index (χ4v) is 5.61. The molecule has 2 aliphatic rings. The molecule has 1 aromatic carbocycles. The molecule has 1 amide bonds. The van der Waals surface area contributed by atoms with Crippen molar-refractivity contribution >= 4 is 21.6 Å². The van der Waals surface area contributed by atoms with Crippen LogP contribution >= 0.6 is 0 Å². The van der Waals surface area contributed by atoms with Gasteiger partial charge in [0.1, 0.15) is 11.5 Å². The Hall–Kier alpha value is -2.12. The van der Waals surface area contributed by atoms with Gasteiger partial charge in [-0.3, -0.25) is 4.79 Å². The summed E-state index contributed by atoms with van der Waals surface area (Å²) in [4.78, 5) is 13.7. The Kier molecular flexibility index (Phi) is 4.16. The third-order valence-corrected chi connectivity index (χ3v) is 7.14. The molecule has 1 atom stereocenters. The summed E-state index contributed by atoms with van der Waals surface area (Å²) in [6.07, 6.45) is 2.30. The predicted octanol–water partition coefficient (Wildman–Crippen LogP) is 3.02. The van der Waals surface area contributed by atoms with Crippen LogP contribution in [-0.2, 0) is 21.2 Å². The summed E-state index contributed by atoms with van der Waals surface area (Å²) >= 11 is 0. The minimum Gasteiger partial charge on any atom is -0.465 e. The van der Waals surface area contributed by atoms with Crippen molar-refractivity contribution in [3.05, 3.63) is 47.4 Å². The molecule has 1 aromatic heterocycles. The number of hydrogen-bond acceptors (Lipinski definition) is 4. The number of aryl methyl sites for hydroxylation is 1. The smallest absolute Gasteiger partial charge is 0.243 e. The van der Waals surface area contributed by atoms with Gasteiger partial charge in [0.25, 0.3) is 0 Å². The van der Waals surface area contributed by atoms with Crippen molar-refractivity contribution in [1.82, 2.24) is 4.31 Å².